The molecule has 21 heavy (non-hydrogen) atoms. The zero-order valence-electron chi connectivity index (χ0n) is 11.7. The fourth-order valence-electron chi connectivity index (χ4n) is 2.11. The lowest BCUT2D eigenvalue weighted by Crippen LogP contribution is -2.46. The van der Waals surface area contributed by atoms with E-state index in [1.807, 2.05) is 0 Å². The lowest BCUT2D eigenvalue weighted by atomic mass is 9.95. The van der Waals surface area contributed by atoms with Crippen LogP contribution in [0.25, 0.3) is 0 Å². The van der Waals surface area contributed by atoms with Gasteiger partial charge in [0.1, 0.15) is 4.90 Å². The highest BCUT2D eigenvalue weighted by Gasteiger charge is 2.32. The number of halogens is 1. The second-order valence-electron chi connectivity index (χ2n) is 5.30. The highest BCUT2D eigenvalue weighted by molar-refractivity contribution is 7.89. The third kappa shape index (κ3) is 3.87. The molecular formula is C13H19ClN2O4S. The lowest BCUT2D eigenvalue weighted by molar-refractivity contribution is -0.0588. The van der Waals surface area contributed by atoms with E-state index in [9.17, 15) is 13.5 Å². The maximum atomic E-state index is 12.3. The Hall–Kier alpha value is -0.860. The van der Waals surface area contributed by atoms with Gasteiger partial charge in [0.2, 0.25) is 10.0 Å². The number of hydrogen-bond donors (Lipinski definition) is 3. The molecule has 4 N–H and O–H groups in total. The molecule has 1 aromatic rings. The number of benzene rings is 1. The molecule has 0 bridgehead atoms. The molecular weight excluding hydrogens is 316 g/mol. The van der Waals surface area contributed by atoms with Gasteiger partial charge in [-0.15, -0.1) is 0 Å². The predicted octanol–water partition coefficient (Wildman–Crippen LogP) is 1.05. The van der Waals surface area contributed by atoms with Gasteiger partial charge in [0.25, 0.3) is 0 Å². The van der Waals surface area contributed by atoms with Crippen molar-refractivity contribution in [2.45, 2.75) is 30.3 Å². The molecule has 1 aliphatic rings. The van der Waals surface area contributed by atoms with E-state index in [1.165, 1.54) is 12.1 Å². The summed E-state index contributed by atoms with van der Waals surface area (Å²) in [6.07, 6.45) is 0.776. The second kappa shape index (κ2) is 6.10. The maximum Gasteiger partial charge on any atom is 0.242 e. The quantitative estimate of drug-likeness (QED) is 0.714. The minimum Gasteiger partial charge on any atom is -0.398 e. The smallest absolute Gasteiger partial charge is 0.242 e. The van der Waals surface area contributed by atoms with Crippen LogP contribution >= 0.6 is 11.6 Å². The number of ether oxygens (including phenoxy) is 1. The summed E-state index contributed by atoms with van der Waals surface area (Å²) >= 11 is 5.98. The molecule has 0 amide bonds. The molecule has 0 radical (unpaired) electrons. The molecule has 1 saturated heterocycles. The molecule has 0 atom stereocenters. The van der Waals surface area contributed by atoms with Crippen molar-refractivity contribution in [3.05, 3.63) is 22.7 Å². The number of aliphatic hydroxyl groups is 1. The monoisotopic (exact) mass is 334 g/mol. The number of nitrogen functional groups attached to an aromatic ring is 1. The van der Waals surface area contributed by atoms with Gasteiger partial charge in [-0.3, -0.25) is 0 Å². The second-order valence-corrected chi connectivity index (χ2v) is 7.44. The van der Waals surface area contributed by atoms with Crippen LogP contribution in [0.2, 0.25) is 5.02 Å². The van der Waals surface area contributed by atoms with Gasteiger partial charge in [0.05, 0.1) is 10.6 Å². The van der Waals surface area contributed by atoms with Gasteiger partial charge in [0, 0.05) is 38.3 Å². The Kier molecular flexibility index (Phi) is 4.79. The Bertz CT molecular complexity index is 627. The molecule has 8 heteroatoms. The first-order valence-electron chi connectivity index (χ1n) is 6.59. The number of hydrogen-bond acceptors (Lipinski definition) is 5. The Morgan fingerprint density at radius 3 is 2.67 bits per heavy atom. The minimum atomic E-state index is -3.83. The summed E-state index contributed by atoms with van der Waals surface area (Å²) < 4.78 is 32.2. The van der Waals surface area contributed by atoms with Crippen LogP contribution in [0.4, 0.5) is 5.69 Å². The molecule has 1 aliphatic heterocycles. The first kappa shape index (κ1) is 16.5. The van der Waals surface area contributed by atoms with Crippen molar-refractivity contribution >= 4 is 27.3 Å². The number of nitrogens with one attached hydrogen (secondary N) is 1. The van der Waals surface area contributed by atoms with Gasteiger partial charge in [0.15, 0.2) is 0 Å². The standard InChI is InChI=1S/C13H19ClN2O4S/c1-9-6-10(14)12(7-11(9)15)21(18,19)16-8-13(17)2-4-20-5-3-13/h6-7,16-17H,2-5,8,15H2,1H3. The highest BCUT2D eigenvalue weighted by Crippen LogP contribution is 2.27. The van der Waals surface area contributed by atoms with E-state index in [-0.39, 0.29) is 16.5 Å². The minimum absolute atomic E-state index is 0.0806. The van der Waals surface area contributed by atoms with Crippen LogP contribution < -0.4 is 10.5 Å². The Labute approximate surface area is 129 Å². The summed E-state index contributed by atoms with van der Waals surface area (Å²) in [6, 6.07) is 2.84. The van der Waals surface area contributed by atoms with Crippen molar-refractivity contribution < 1.29 is 18.3 Å². The Balaban J connectivity index is 2.17. The molecule has 6 nitrogen and oxygen atoms in total. The summed E-state index contributed by atoms with van der Waals surface area (Å²) in [5.41, 5.74) is 5.71. The first-order valence-corrected chi connectivity index (χ1v) is 8.45. The van der Waals surface area contributed by atoms with Crippen LogP contribution in [-0.4, -0.2) is 38.9 Å². The van der Waals surface area contributed by atoms with Gasteiger partial charge in [-0.2, -0.15) is 0 Å². The fourth-order valence-corrected chi connectivity index (χ4v) is 3.84. The average molecular weight is 335 g/mol. The summed E-state index contributed by atoms with van der Waals surface area (Å²) in [4.78, 5) is -0.0806. The SMILES string of the molecule is Cc1cc(Cl)c(S(=O)(=O)NCC2(O)CCOCC2)cc1N. The summed E-state index contributed by atoms with van der Waals surface area (Å²) in [5, 5.41) is 10.4. The van der Waals surface area contributed by atoms with Crippen molar-refractivity contribution in [2.75, 3.05) is 25.5 Å². The zero-order chi connectivity index (χ0) is 15.7. The first-order chi connectivity index (χ1) is 9.73. The van der Waals surface area contributed by atoms with E-state index < -0.39 is 15.6 Å². The van der Waals surface area contributed by atoms with E-state index >= 15 is 0 Å². The number of sulfonamides is 1. The average Bonchev–Trinajstić information content (AvgIpc) is 2.42. The van der Waals surface area contributed by atoms with Crippen molar-refractivity contribution in [2.24, 2.45) is 0 Å². The predicted molar refractivity (Wildman–Crippen MR) is 80.8 cm³/mol. The fraction of sp³-hybridized carbons (Fsp3) is 0.538. The van der Waals surface area contributed by atoms with E-state index in [0.29, 0.717) is 37.3 Å². The number of rotatable bonds is 4. The van der Waals surface area contributed by atoms with Crippen molar-refractivity contribution in [3.8, 4) is 0 Å². The van der Waals surface area contributed by atoms with Gasteiger partial charge in [-0.05, 0) is 24.6 Å². The molecule has 0 aliphatic carbocycles. The van der Waals surface area contributed by atoms with Crippen LogP contribution in [0.3, 0.4) is 0 Å². The molecule has 0 saturated carbocycles. The molecule has 1 fully saturated rings. The van der Waals surface area contributed by atoms with E-state index in [2.05, 4.69) is 4.72 Å². The van der Waals surface area contributed by atoms with Crippen LogP contribution in [-0.2, 0) is 14.8 Å². The summed E-state index contributed by atoms with van der Waals surface area (Å²) in [6.45, 7) is 2.49. The van der Waals surface area contributed by atoms with E-state index in [1.54, 1.807) is 6.92 Å². The Morgan fingerprint density at radius 2 is 2.05 bits per heavy atom. The molecule has 2 rings (SSSR count). The van der Waals surface area contributed by atoms with Gasteiger partial charge in [-0.1, -0.05) is 11.6 Å². The van der Waals surface area contributed by atoms with Crippen LogP contribution in [0.15, 0.2) is 17.0 Å². The van der Waals surface area contributed by atoms with Gasteiger partial charge >= 0.3 is 0 Å². The topological polar surface area (TPSA) is 102 Å². The maximum absolute atomic E-state index is 12.3. The summed E-state index contributed by atoms with van der Waals surface area (Å²) in [5.74, 6) is 0. The van der Waals surface area contributed by atoms with Crippen LogP contribution in [0.1, 0.15) is 18.4 Å². The number of nitrogens with two attached hydrogens (primary N) is 1. The molecule has 1 aromatic carbocycles. The van der Waals surface area contributed by atoms with Crippen LogP contribution in [0, 0.1) is 6.92 Å². The van der Waals surface area contributed by atoms with Gasteiger partial charge < -0.3 is 15.6 Å². The number of anilines is 1. The molecule has 0 spiro atoms. The largest absolute Gasteiger partial charge is 0.398 e. The normalized spacial score (nSPS) is 18.6. The molecule has 118 valence electrons. The van der Waals surface area contributed by atoms with Crippen molar-refractivity contribution in [3.63, 3.8) is 0 Å². The molecule has 0 unspecified atom stereocenters. The Morgan fingerprint density at radius 1 is 1.43 bits per heavy atom. The van der Waals surface area contributed by atoms with Gasteiger partial charge in [-0.25, -0.2) is 13.1 Å². The number of aryl methyl sites for hydroxylation is 1. The molecule has 1 heterocycles. The molecule has 0 aromatic heterocycles. The van der Waals surface area contributed by atoms with E-state index in [4.69, 9.17) is 22.1 Å². The third-order valence-corrected chi connectivity index (χ3v) is 5.49. The van der Waals surface area contributed by atoms with Crippen LogP contribution in [0.5, 0.6) is 0 Å². The third-order valence-electron chi connectivity index (χ3n) is 3.62. The zero-order valence-corrected chi connectivity index (χ0v) is 13.3. The van der Waals surface area contributed by atoms with E-state index in [0.717, 1.165) is 0 Å². The summed E-state index contributed by atoms with van der Waals surface area (Å²) in [7, 11) is -3.83. The van der Waals surface area contributed by atoms with Crippen molar-refractivity contribution in [1.29, 1.82) is 0 Å². The van der Waals surface area contributed by atoms with Crippen molar-refractivity contribution in [1.82, 2.24) is 4.72 Å². The lowest BCUT2D eigenvalue weighted by Gasteiger charge is -2.32. The highest BCUT2D eigenvalue weighted by atomic mass is 35.5.